The Morgan fingerprint density at radius 1 is 1.32 bits per heavy atom. The maximum Gasteiger partial charge on any atom is 0.126 e. The van der Waals surface area contributed by atoms with Gasteiger partial charge in [-0.1, -0.05) is 28.4 Å². The van der Waals surface area contributed by atoms with Gasteiger partial charge in [-0.2, -0.15) is 0 Å². The van der Waals surface area contributed by atoms with E-state index in [1.165, 1.54) is 25.0 Å². The number of halogens is 3. The number of benzene rings is 1. The quantitative estimate of drug-likeness (QED) is 0.944. The van der Waals surface area contributed by atoms with Gasteiger partial charge in [0, 0.05) is 12.6 Å². The normalized spacial score (nSPS) is 14.9. The summed E-state index contributed by atoms with van der Waals surface area (Å²) < 4.78 is 14.7. The summed E-state index contributed by atoms with van der Waals surface area (Å²) in [6.45, 7) is 0.627. The van der Waals surface area contributed by atoms with Crippen molar-refractivity contribution >= 4 is 23.2 Å². The lowest BCUT2D eigenvalue weighted by Crippen LogP contribution is -2.18. The number of rotatable bonds is 4. The van der Waals surface area contributed by atoms with Crippen molar-refractivity contribution in [1.82, 2.24) is 20.3 Å². The van der Waals surface area contributed by atoms with E-state index in [-0.39, 0.29) is 10.0 Å². The van der Waals surface area contributed by atoms with Crippen molar-refractivity contribution in [3.8, 4) is 5.69 Å². The number of hydrogen-bond donors (Lipinski definition) is 1. The maximum atomic E-state index is 13.2. The summed E-state index contributed by atoms with van der Waals surface area (Å²) >= 11 is 12.1. The van der Waals surface area contributed by atoms with Gasteiger partial charge in [-0.3, -0.25) is 0 Å². The molecule has 1 heterocycles. The summed E-state index contributed by atoms with van der Waals surface area (Å²) in [6, 6.07) is 2.99. The van der Waals surface area contributed by atoms with Crippen molar-refractivity contribution in [2.45, 2.75) is 25.4 Å². The van der Waals surface area contributed by atoms with Crippen molar-refractivity contribution in [1.29, 1.82) is 0 Å². The second-order valence-corrected chi connectivity index (χ2v) is 5.32. The van der Waals surface area contributed by atoms with Gasteiger partial charge in [0.2, 0.25) is 0 Å². The van der Waals surface area contributed by atoms with Gasteiger partial charge in [0.25, 0.3) is 0 Å². The molecular formula is C12H11Cl2FN4. The summed E-state index contributed by atoms with van der Waals surface area (Å²) in [6.07, 6.45) is 4.03. The minimum atomic E-state index is -0.475. The van der Waals surface area contributed by atoms with Crippen LogP contribution in [-0.2, 0) is 6.54 Å². The lowest BCUT2D eigenvalue weighted by molar-refractivity contribution is 0.624. The number of nitrogens with zero attached hydrogens (tertiary/aromatic N) is 3. The van der Waals surface area contributed by atoms with Crippen LogP contribution in [0.15, 0.2) is 18.3 Å². The number of hydrogen-bond acceptors (Lipinski definition) is 3. The first-order valence-corrected chi connectivity index (χ1v) is 6.68. The average molecular weight is 301 g/mol. The standard InChI is InChI=1S/C12H11Cl2FN4/c13-10-3-7(15)4-11(14)12(10)19-9(6-17-18-19)5-16-8-1-2-8/h3-4,6,8,16H,1-2,5H2. The molecule has 0 spiro atoms. The van der Waals surface area contributed by atoms with Gasteiger partial charge in [0.1, 0.15) is 11.5 Å². The molecule has 4 nitrogen and oxygen atoms in total. The van der Waals surface area contributed by atoms with Crippen molar-refractivity contribution in [3.63, 3.8) is 0 Å². The fourth-order valence-electron chi connectivity index (χ4n) is 1.84. The van der Waals surface area contributed by atoms with E-state index < -0.39 is 5.82 Å². The van der Waals surface area contributed by atoms with E-state index in [0.29, 0.717) is 18.3 Å². The van der Waals surface area contributed by atoms with Crippen LogP contribution in [0.25, 0.3) is 5.69 Å². The molecule has 7 heteroatoms. The number of aromatic nitrogens is 3. The van der Waals surface area contributed by atoms with E-state index in [1.807, 2.05) is 0 Å². The zero-order valence-corrected chi connectivity index (χ0v) is 11.4. The molecule has 0 saturated heterocycles. The highest BCUT2D eigenvalue weighted by atomic mass is 35.5. The monoisotopic (exact) mass is 300 g/mol. The van der Waals surface area contributed by atoms with Gasteiger partial charge in [0.05, 0.1) is 21.9 Å². The summed E-state index contributed by atoms with van der Waals surface area (Å²) in [5.74, 6) is -0.475. The van der Waals surface area contributed by atoms with E-state index in [4.69, 9.17) is 23.2 Å². The molecular weight excluding hydrogens is 290 g/mol. The highest BCUT2D eigenvalue weighted by Gasteiger charge is 2.21. The molecule has 1 N–H and O–H groups in total. The minimum absolute atomic E-state index is 0.211. The van der Waals surface area contributed by atoms with Crippen LogP contribution >= 0.6 is 23.2 Å². The molecule has 1 aromatic heterocycles. The van der Waals surface area contributed by atoms with Gasteiger partial charge in [0.15, 0.2) is 0 Å². The molecule has 0 bridgehead atoms. The Kier molecular flexibility index (Phi) is 3.43. The van der Waals surface area contributed by atoms with E-state index in [9.17, 15) is 4.39 Å². The van der Waals surface area contributed by atoms with E-state index in [2.05, 4.69) is 15.6 Å². The Balaban J connectivity index is 1.95. The Bertz CT molecular complexity index is 587. The molecule has 3 rings (SSSR count). The van der Waals surface area contributed by atoms with Gasteiger partial charge >= 0.3 is 0 Å². The lowest BCUT2D eigenvalue weighted by atomic mass is 10.3. The Hall–Kier alpha value is -1.17. The smallest absolute Gasteiger partial charge is 0.126 e. The van der Waals surface area contributed by atoms with Crippen LogP contribution in [-0.4, -0.2) is 21.0 Å². The molecule has 100 valence electrons. The predicted octanol–water partition coefficient (Wildman–Crippen LogP) is 2.97. The third-order valence-corrected chi connectivity index (χ3v) is 3.54. The Labute approximate surface area is 119 Å². The highest BCUT2D eigenvalue weighted by molar-refractivity contribution is 6.37. The molecule has 2 aromatic rings. The molecule has 1 aliphatic carbocycles. The summed E-state index contributed by atoms with van der Waals surface area (Å²) in [5, 5.41) is 11.6. The summed E-state index contributed by atoms with van der Waals surface area (Å²) in [5.41, 5.74) is 1.29. The van der Waals surface area contributed by atoms with Crippen LogP contribution in [0, 0.1) is 5.82 Å². The molecule has 1 aliphatic rings. The maximum absolute atomic E-state index is 13.2. The van der Waals surface area contributed by atoms with Crippen LogP contribution in [0.5, 0.6) is 0 Å². The van der Waals surface area contributed by atoms with Gasteiger partial charge in [-0.05, 0) is 25.0 Å². The van der Waals surface area contributed by atoms with Crippen LogP contribution in [0.4, 0.5) is 4.39 Å². The molecule has 0 unspecified atom stereocenters. The third-order valence-electron chi connectivity index (χ3n) is 2.96. The summed E-state index contributed by atoms with van der Waals surface area (Å²) in [4.78, 5) is 0. The largest absolute Gasteiger partial charge is 0.308 e. The Morgan fingerprint density at radius 3 is 2.63 bits per heavy atom. The average Bonchev–Trinajstić information content (AvgIpc) is 3.06. The topological polar surface area (TPSA) is 42.7 Å². The first-order valence-electron chi connectivity index (χ1n) is 5.93. The van der Waals surface area contributed by atoms with Crippen LogP contribution in [0.3, 0.4) is 0 Å². The third kappa shape index (κ3) is 2.73. The van der Waals surface area contributed by atoms with Gasteiger partial charge in [-0.15, -0.1) is 5.10 Å². The zero-order chi connectivity index (χ0) is 13.4. The molecule has 0 atom stereocenters. The van der Waals surface area contributed by atoms with Gasteiger partial charge < -0.3 is 5.32 Å². The zero-order valence-electron chi connectivity index (χ0n) is 9.91. The van der Waals surface area contributed by atoms with Gasteiger partial charge in [-0.25, -0.2) is 9.07 Å². The molecule has 1 aromatic carbocycles. The molecule has 19 heavy (non-hydrogen) atoms. The highest BCUT2D eigenvalue weighted by Crippen LogP contribution is 2.30. The van der Waals surface area contributed by atoms with E-state index >= 15 is 0 Å². The fourth-order valence-corrected chi connectivity index (χ4v) is 2.46. The van der Waals surface area contributed by atoms with Crippen LogP contribution in [0.2, 0.25) is 10.0 Å². The molecule has 1 fully saturated rings. The first kappa shape index (κ1) is 12.8. The molecule has 0 radical (unpaired) electrons. The molecule has 0 amide bonds. The Morgan fingerprint density at radius 2 is 2.00 bits per heavy atom. The molecule has 1 saturated carbocycles. The second-order valence-electron chi connectivity index (χ2n) is 4.51. The fraction of sp³-hybridized carbons (Fsp3) is 0.333. The van der Waals surface area contributed by atoms with Crippen molar-refractivity contribution in [2.75, 3.05) is 0 Å². The minimum Gasteiger partial charge on any atom is -0.308 e. The van der Waals surface area contributed by atoms with Crippen molar-refractivity contribution in [3.05, 3.63) is 39.9 Å². The predicted molar refractivity (Wildman–Crippen MR) is 71.2 cm³/mol. The second kappa shape index (κ2) is 5.07. The van der Waals surface area contributed by atoms with E-state index in [0.717, 1.165) is 5.69 Å². The summed E-state index contributed by atoms with van der Waals surface area (Å²) in [7, 11) is 0. The van der Waals surface area contributed by atoms with E-state index in [1.54, 1.807) is 10.9 Å². The van der Waals surface area contributed by atoms with Crippen molar-refractivity contribution < 1.29 is 4.39 Å². The van der Waals surface area contributed by atoms with Crippen molar-refractivity contribution in [2.24, 2.45) is 0 Å². The molecule has 0 aliphatic heterocycles. The number of nitrogens with one attached hydrogen (secondary N) is 1. The first-order chi connectivity index (χ1) is 9.15. The SMILES string of the molecule is Fc1cc(Cl)c(-n2nncc2CNC2CC2)c(Cl)c1. The lowest BCUT2D eigenvalue weighted by Gasteiger charge is -2.10. The van der Waals surface area contributed by atoms with Crippen LogP contribution in [0.1, 0.15) is 18.5 Å². The van der Waals surface area contributed by atoms with Crippen LogP contribution < -0.4 is 5.32 Å².